The molecule has 0 aliphatic heterocycles. The Kier molecular flexibility index (Phi) is 6.47. The summed E-state index contributed by atoms with van der Waals surface area (Å²) in [6, 6.07) is 15.7. The third kappa shape index (κ3) is 4.88. The molecule has 1 atom stereocenters. The van der Waals surface area contributed by atoms with Gasteiger partial charge in [-0.05, 0) is 55.0 Å². The van der Waals surface area contributed by atoms with Crippen LogP contribution in [-0.2, 0) is 11.2 Å². The average molecular weight is 366 g/mol. The summed E-state index contributed by atoms with van der Waals surface area (Å²) < 4.78 is 10.9. The smallest absolute Gasteiger partial charge is 0.292 e. The number of rotatable bonds is 5. The molecule has 1 amide bonds. The van der Waals surface area contributed by atoms with Crippen LogP contribution in [-0.4, -0.2) is 25.6 Å². The third-order valence-electron chi connectivity index (χ3n) is 4.61. The van der Waals surface area contributed by atoms with Crippen molar-refractivity contribution in [2.24, 2.45) is 4.99 Å². The highest BCUT2D eigenvalue weighted by atomic mass is 16.5. The van der Waals surface area contributed by atoms with Crippen LogP contribution in [0.1, 0.15) is 53.7 Å². The zero-order valence-electron chi connectivity index (χ0n) is 15.9. The molecule has 1 aliphatic carbocycles. The zero-order chi connectivity index (χ0) is 19.1. The SMILES string of the molecule is CCCOC(=N[C@@H]1CCCc2ccccc21)NC(=O)c1cccc(OC)c1. The summed E-state index contributed by atoms with van der Waals surface area (Å²) in [6.45, 7) is 2.53. The van der Waals surface area contributed by atoms with Crippen molar-refractivity contribution in [3.05, 3.63) is 65.2 Å². The highest BCUT2D eigenvalue weighted by Gasteiger charge is 2.21. The molecule has 1 N–H and O–H groups in total. The second-order valence-corrected chi connectivity index (χ2v) is 6.58. The number of hydrogen-bond acceptors (Lipinski definition) is 4. The number of nitrogens with zero attached hydrogens (tertiary/aromatic N) is 1. The molecule has 2 aromatic carbocycles. The van der Waals surface area contributed by atoms with Crippen LogP contribution in [0, 0.1) is 0 Å². The standard InChI is InChI=1S/C22H26N2O3/c1-3-14-27-22(24-21(25)17-10-6-11-18(15-17)26-2)23-20-13-7-9-16-8-4-5-12-19(16)20/h4-6,8,10-12,15,20H,3,7,9,13-14H2,1-2H3,(H,23,24,25)/t20-/m1/s1. The molecule has 2 aromatic rings. The first-order chi connectivity index (χ1) is 13.2. The fourth-order valence-electron chi connectivity index (χ4n) is 3.24. The molecule has 0 saturated heterocycles. The van der Waals surface area contributed by atoms with E-state index in [1.807, 2.05) is 13.0 Å². The summed E-state index contributed by atoms with van der Waals surface area (Å²) in [5.41, 5.74) is 3.05. The third-order valence-corrected chi connectivity index (χ3v) is 4.61. The van der Waals surface area contributed by atoms with E-state index in [9.17, 15) is 4.79 Å². The summed E-state index contributed by atoms with van der Waals surface area (Å²) in [5.74, 6) is 0.379. The molecule has 5 nitrogen and oxygen atoms in total. The predicted molar refractivity (Wildman–Crippen MR) is 106 cm³/mol. The van der Waals surface area contributed by atoms with Crippen molar-refractivity contribution in [2.45, 2.75) is 38.6 Å². The minimum atomic E-state index is -0.257. The van der Waals surface area contributed by atoms with E-state index in [1.54, 1.807) is 31.4 Å². The second kappa shape index (κ2) is 9.21. The van der Waals surface area contributed by atoms with E-state index in [4.69, 9.17) is 14.5 Å². The van der Waals surface area contributed by atoms with Gasteiger partial charge in [0, 0.05) is 5.56 Å². The Balaban J connectivity index is 1.81. The number of carbonyl (C=O) groups is 1. The van der Waals surface area contributed by atoms with Gasteiger partial charge in [0.15, 0.2) is 0 Å². The first-order valence-electron chi connectivity index (χ1n) is 9.45. The molecule has 27 heavy (non-hydrogen) atoms. The molecule has 142 valence electrons. The molecule has 5 heteroatoms. The molecule has 3 rings (SSSR count). The van der Waals surface area contributed by atoms with Gasteiger partial charge in [-0.25, -0.2) is 4.99 Å². The quantitative estimate of drug-likeness (QED) is 0.634. The summed E-state index contributed by atoms with van der Waals surface area (Å²) in [4.78, 5) is 17.4. The van der Waals surface area contributed by atoms with E-state index >= 15 is 0 Å². The van der Waals surface area contributed by atoms with Gasteiger partial charge in [0.05, 0.1) is 19.8 Å². The number of amides is 1. The Morgan fingerprint density at radius 2 is 2.07 bits per heavy atom. The fraction of sp³-hybridized carbons (Fsp3) is 0.364. The van der Waals surface area contributed by atoms with Gasteiger partial charge in [-0.2, -0.15) is 0 Å². The number of amidine groups is 1. The monoisotopic (exact) mass is 366 g/mol. The summed E-state index contributed by atoms with van der Waals surface area (Å²) >= 11 is 0. The van der Waals surface area contributed by atoms with E-state index in [0.717, 1.165) is 25.7 Å². The highest BCUT2D eigenvalue weighted by Crippen LogP contribution is 2.32. The van der Waals surface area contributed by atoms with Gasteiger partial charge in [0.1, 0.15) is 5.75 Å². The van der Waals surface area contributed by atoms with Crippen LogP contribution in [0.3, 0.4) is 0 Å². The Bertz CT molecular complexity index is 817. The maximum atomic E-state index is 12.6. The minimum Gasteiger partial charge on any atom is -0.497 e. The lowest BCUT2D eigenvalue weighted by molar-refractivity contribution is 0.0964. The number of methoxy groups -OCH3 is 1. The molecule has 0 heterocycles. The number of hydrogen-bond donors (Lipinski definition) is 1. The molecular formula is C22H26N2O3. The lowest BCUT2D eigenvalue weighted by Gasteiger charge is -2.23. The summed E-state index contributed by atoms with van der Waals surface area (Å²) in [6.07, 6.45) is 3.94. The van der Waals surface area contributed by atoms with Gasteiger partial charge in [-0.15, -0.1) is 0 Å². The predicted octanol–water partition coefficient (Wildman–Crippen LogP) is 4.29. The van der Waals surface area contributed by atoms with Gasteiger partial charge in [0.25, 0.3) is 11.9 Å². The Morgan fingerprint density at radius 1 is 1.22 bits per heavy atom. The summed E-state index contributed by atoms with van der Waals surface area (Å²) in [5, 5.41) is 2.83. The molecule has 0 unspecified atom stereocenters. The second-order valence-electron chi connectivity index (χ2n) is 6.58. The largest absolute Gasteiger partial charge is 0.497 e. The van der Waals surface area contributed by atoms with Gasteiger partial charge in [0.2, 0.25) is 0 Å². The average Bonchev–Trinajstić information content (AvgIpc) is 2.72. The summed E-state index contributed by atoms with van der Waals surface area (Å²) in [7, 11) is 1.58. The first kappa shape index (κ1) is 19.0. The van der Waals surface area contributed by atoms with Crippen LogP contribution in [0.2, 0.25) is 0 Å². The maximum Gasteiger partial charge on any atom is 0.292 e. The van der Waals surface area contributed by atoms with Gasteiger partial charge < -0.3 is 9.47 Å². The van der Waals surface area contributed by atoms with E-state index in [2.05, 4.69) is 23.5 Å². The van der Waals surface area contributed by atoms with Crippen LogP contribution >= 0.6 is 0 Å². The fourth-order valence-corrected chi connectivity index (χ4v) is 3.24. The van der Waals surface area contributed by atoms with E-state index in [1.165, 1.54) is 11.1 Å². The number of ether oxygens (including phenoxy) is 2. The molecule has 0 bridgehead atoms. The molecule has 0 aromatic heterocycles. The topological polar surface area (TPSA) is 59.9 Å². The highest BCUT2D eigenvalue weighted by molar-refractivity contribution is 6.04. The molecule has 0 spiro atoms. The molecule has 0 radical (unpaired) electrons. The van der Waals surface area contributed by atoms with Crippen LogP contribution < -0.4 is 10.1 Å². The van der Waals surface area contributed by atoms with E-state index in [-0.39, 0.29) is 18.0 Å². The maximum absolute atomic E-state index is 12.6. The first-order valence-corrected chi connectivity index (χ1v) is 9.45. The number of fused-ring (bicyclic) bond motifs is 1. The molecule has 0 fully saturated rings. The van der Waals surface area contributed by atoms with Gasteiger partial charge >= 0.3 is 0 Å². The zero-order valence-corrected chi connectivity index (χ0v) is 15.9. The van der Waals surface area contributed by atoms with E-state index < -0.39 is 0 Å². The molecular weight excluding hydrogens is 340 g/mol. The number of aryl methyl sites for hydroxylation is 1. The van der Waals surface area contributed by atoms with Crippen LogP contribution in [0.4, 0.5) is 0 Å². The van der Waals surface area contributed by atoms with Crippen molar-refractivity contribution >= 4 is 11.9 Å². The van der Waals surface area contributed by atoms with Gasteiger partial charge in [-0.3, -0.25) is 10.1 Å². The Labute approximate surface area is 160 Å². The molecule has 1 aliphatic rings. The van der Waals surface area contributed by atoms with Crippen molar-refractivity contribution in [3.63, 3.8) is 0 Å². The Hall–Kier alpha value is -2.82. The lowest BCUT2D eigenvalue weighted by atomic mass is 9.88. The Morgan fingerprint density at radius 3 is 2.89 bits per heavy atom. The van der Waals surface area contributed by atoms with Gasteiger partial charge in [-0.1, -0.05) is 37.3 Å². The van der Waals surface area contributed by atoms with Crippen molar-refractivity contribution in [3.8, 4) is 5.75 Å². The van der Waals surface area contributed by atoms with Crippen LogP contribution in [0.5, 0.6) is 5.75 Å². The normalized spacial score (nSPS) is 16.4. The lowest BCUT2D eigenvalue weighted by Crippen LogP contribution is -2.33. The minimum absolute atomic E-state index is 0.00687. The van der Waals surface area contributed by atoms with Crippen molar-refractivity contribution in [1.29, 1.82) is 0 Å². The number of carbonyl (C=O) groups excluding carboxylic acids is 1. The number of nitrogens with one attached hydrogen (secondary N) is 1. The van der Waals surface area contributed by atoms with Crippen LogP contribution in [0.25, 0.3) is 0 Å². The van der Waals surface area contributed by atoms with Crippen molar-refractivity contribution < 1.29 is 14.3 Å². The van der Waals surface area contributed by atoms with E-state index in [0.29, 0.717) is 17.9 Å². The van der Waals surface area contributed by atoms with Crippen molar-refractivity contribution in [1.82, 2.24) is 5.32 Å². The number of aliphatic imine (C=N–C) groups is 1. The van der Waals surface area contributed by atoms with Crippen molar-refractivity contribution in [2.75, 3.05) is 13.7 Å². The molecule has 0 saturated carbocycles. The number of benzene rings is 2. The van der Waals surface area contributed by atoms with Crippen LogP contribution in [0.15, 0.2) is 53.5 Å².